The quantitative estimate of drug-likeness (QED) is 0.454. The molecule has 1 heterocycles. The van der Waals surface area contributed by atoms with E-state index in [0.29, 0.717) is 6.61 Å². The molecular weight excluding hydrogens is 372 g/mol. The SMILES string of the molecule is COc1cc(OCc2ccccc2)ccc1-c1cnc(-c2ccccc2)[nH]1.Cl. The zero-order valence-corrected chi connectivity index (χ0v) is 16.3. The maximum absolute atomic E-state index is 5.89. The van der Waals surface area contributed by atoms with Crippen LogP contribution in [0.5, 0.6) is 11.5 Å². The number of hydrogen-bond acceptors (Lipinski definition) is 3. The first-order valence-electron chi connectivity index (χ1n) is 8.79. The van der Waals surface area contributed by atoms with Gasteiger partial charge in [-0.05, 0) is 17.7 Å². The lowest BCUT2D eigenvalue weighted by Gasteiger charge is -2.11. The van der Waals surface area contributed by atoms with Gasteiger partial charge in [0.15, 0.2) is 0 Å². The number of aromatic nitrogens is 2. The Bertz CT molecular complexity index is 1020. The van der Waals surface area contributed by atoms with E-state index in [2.05, 4.69) is 9.97 Å². The number of nitrogens with zero attached hydrogens (tertiary/aromatic N) is 1. The van der Waals surface area contributed by atoms with Crippen LogP contribution < -0.4 is 9.47 Å². The summed E-state index contributed by atoms with van der Waals surface area (Å²) >= 11 is 0. The van der Waals surface area contributed by atoms with Crippen molar-refractivity contribution in [2.24, 2.45) is 0 Å². The Morgan fingerprint density at radius 2 is 1.61 bits per heavy atom. The number of rotatable bonds is 6. The zero-order chi connectivity index (χ0) is 18.5. The fourth-order valence-corrected chi connectivity index (χ4v) is 2.93. The van der Waals surface area contributed by atoms with Gasteiger partial charge in [-0.15, -0.1) is 12.4 Å². The molecule has 0 aliphatic heterocycles. The lowest BCUT2D eigenvalue weighted by molar-refractivity contribution is 0.304. The molecule has 3 aromatic carbocycles. The number of nitrogens with one attached hydrogen (secondary N) is 1. The van der Waals surface area contributed by atoms with E-state index in [4.69, 9.17) is 9.47 Å². The molecule has 0 aliphatic rings. The lowest BCUT2D eigenvalue weighted by atomic mass is 10.1. The fourth-order valence-electron chi connectivity index (χ4n) is 2.93. The van der Waals surface area contributed by atoms with Crippen molar-refractivity contribution in [2.75, 3.05) is 7.11 Å². The first-order chi connectivity index (χ1) is 13.3. The van der Waals surface area contributed by atoms with Crippen LogP contribution in [0.2, 0.25) is 0 Å². The Balaban J connectivity index is 0.00000225. The summed E-state index contributed by atoms with van der Waals surface area (Å²) in [6.07, 6.45) is 1.82. The molecule has 0 bridgehead atoms. The standard InChI is InChI=1S/C23H20N2O2.ClH/c1-26-22-14-19(27-16-17-8-4-2-5-9-17)12-13-20(22)21-15-24-23(25-21)18-10-6-3-7-11-18;/h2-15H,16H2,1H3,(H,24,25);1H. The molecule has 0 saturated carbocycles. The molecule has 0 saturated heterocycles. The first kappa shape index (κ1) is 19.5. The molecule has 4 rings (SSSR count). The summed E-state index contributed by atoms with van der Waals surface area (Å²) in [5.41, 5.74) is 4.02. The normalized spacial score (nSPS) is 10.2. The molecular formula is C23H21ClN2O2. The molecule has 0 aliphatic carbocycles. The van der Waals surface area contributed by atoms with E-state index in [-0.39, 0.29) is 12.4 Å². The maximum Gasteiger partial charge on any atom is 0.137 e. The van der Waals surface area contributed by atoms with Crippen LogP contribution in [0.1, 0.15) is 5.56 Å². The summed E-state index contributed by atoms with van der Waals surface area (Å²) < 4.78 is 11.5. The minimum atomic E-state index is 0. The third kappa shape index (κ3) is 4.35. The van der Waals surface area contributed by atoms with Crippen LogP contribution in [0.4, 0.5) is 0 Å². The van der Waals surface area contributed by atoms with E-state index in [1.807, 2.05) is 85.1 Å². The van der Waals surface area contributed by atoms with Gasteiger partial charge >= 0.3 is 0 Å². The topological polar surface area (TPSA) is 47.1 Å². The Labute approximate surface area is 170 Å². The Kier molecular flexibility index (Phi) is 6.35. The number of ether oxygens (including phenoxy) is 2. The van der Waals surface area contributed by atoms with Gasteiger partial charge in [0.25, 0.3) is 0 Å². The molecule has 142 valence electrons. The van der Waals surface area contributed by atoms with E-state index in [9.17, 15) is 0 Å². The zero-order valence-electron chi connectivity index (χ0n) is 15.5. The Morgan fingerprint density at radius 3 is 2.32 bits per heavy atom. The number of imidazole rings is 1. The summed E-state index contributed by atoms with van der Waals surface area (Å²) in [7, 11) is 1.66. The minimum Gasteiger partial charge on any atom is -0.496 e. The number of aromatic amines is 1. The minimum absolute atomic E-state index is 0. The summed E-state index contributed by atoms with van der Waals surface area (Å²) in [6.45, 7) is 0.519. The molecule has 28 heavy (non-hydrogen) atoms. The second kappa shape index (κ2) is 9.11. The third-order valence-corrected chi connectivity index (χ3v) is 4.33. The second-order valence-corrected chi connectivity index (χ2v) is 6.15. The number of benzene rings is 3. The van der Waals surface area contributed by atoms with Crippen LogP contribution in [0.25, 0.3) is 22.6 Å². The van der Waals surface area contributed by atoms with Crippen LogP contribution in [0.15, 0.2) is 85.1 Å². The highest BCUT2D eigenvalue weighted by Crippen LogP contribution is 2.33. The highest BCUT2D eigenvalue weighted by Gasteiger charge is 2.11. The van der Waals surface area contributed by atoms with Gasteiger partial charge in [0.05, 0.1) is 19.0 Å². The second-order valence-electron chi connectivity index (χ2n) is 6.15. The first-order valence-corrected chi connectivity index (χ1v) is 8.79. The van der Waals surface area contributed by atoms with Crippen molar-refractivity contribution in [1.82, 2.24) is 9.97 Å². The van der Waals surface area contributed by atoms with E-state index in [0.717, 1.165) is 39.7 Å². The van der Waals surface area contributed by atoms with Crippen LogP contribution in [-0.4, -0.2) is 17.1 Å². The molecule has 4 nitrogen and oxygen atoms in total. The molecule has 1 aromatic heterocycles. The van der Waals surface area contributed by atoms with E-state index in [1.165, 1.54) is 0 Å². The number of hydrogen-bond donors (Lipinski definition) is 1. The smallest absolute Gasteiger partial charge is 0.137 e. The van der Waals surface area contributed by atoms with Gasteiger partial charge in [0.2, 0.25) is 0 Å². The average Bonchev–Trinajstić information content (AvgIpc) is 3.23. The van der Waals surface area contributed by atoms with Crippen molar-refractivity contribution in [3.05, 3.63) is 90.6 Å². The van der Waals surface area contributed by atoms with E-state index >= 15 is 0 Å². The largest absolute Gasteiger partial charge is 0.496 e. The summed E-state index contributed by atoms with van der Waals surface area (Å²) in [4.78, 5) is 7.86. The lowest BCUT2D eigenvalue weighted by Crippen LogP contribution is -1.96. The van der Waals surface area contributed by atoms with Crippen LogP contribution in [0, 0.1) is 0 Å². The highest BCUT2D eigenvalue weighted by atomic mass is 35.5. The van der Waals surface area contributed by atoms with Gasteiger partial charge in [0.1, 0.15) is 23.9 Å². The summed E-state index contributed by atoms with van der Waals surface area (Å²) in [5.74, 6) is 2.34. The fraction of sp³-hybridized carbons (Fsp3) is 0.0870. The van der Waals surface area contributed by atoms with Crippen LogP contribution in [0.3, 0.4) is 0 Å². The van der Waals surface area contributed by atoms with Gasteiger partial charge in [-0.1, -0.05) is 60.7 Å². The van der Waals surface area contributed by atoms with Crippen molar-refractivity contribution in [3.8, 4) is 34.1 Å². The summed E-state index contributed by atoms with van der Waals surface area (Å²) in [5, 5.41) is 0. The molecule has 0 atom stereocenters. The number of methoxy groups -OCH3 is 1. The van der Waals surface area contributed by atoms with Crippen LogP contribution >= 0.6 is 12.4 Å². The molecule has 0 fully saturated rings. The van der Waals surface area contributed by atoms with E-state index in [1.54, 1.807) is 7.11 Å². The molecule has 4 aromatic rings. The van der Waals surface area contributed by atoms with Crippen LogP contribution in [-0.2, 0) is 6.61 Å². The molecule has 0 amide bonds. The van der Waals surface area contributed by atoms with Crippen molar-refractivity contribution < 1.29 is 9.47 Å². The molecule has 5 heteroatoms. The highest BCUT2D eigenvalue weighted by molar-refractivity contribution is 5.85. The molecule has 1 N–H and O–H groups in total. The van der Waals surface area contributed by atoms with Crippen molar-refractivity contribution in [3.63, 3.8) is 0 Å². The molecule has 0 radical (unpaired) electrons. The Morgan fingerprint density at radius 1 is 0.893 bits per heavy atom. The number of H-pyrrole nitrogens is 1. The van der Waals surface area contributed by atoms with Gasteiger partial charge in [-0.3, -0.25) is 0 Å². The predicted molar refractivity (Wildman–Crippen MR) is 114 cm³/mol. The van der Waals surface area contributed by atoms with Crippen molar-refractivity contribution in [2.45, 2.75) is 6.61 Å². The van der Waals surface area contributed by atoms with Gasteiger partial charge in [0, 0.05) is 17.2 Å². The van der Waals surface area contributed by atoms with Gasteiger partial charge < -0.3 is 14.5 Å². The predicted octanol–water partition coefficient (Wildman–Crippen LogP) is 5.75. The summed E-state index contributed by atoms with van der Waals surface area (Å²) in [6, 6.07) is 26.0. The van der Waals surface area contributed by atoms with Crippen molar-refractivity contribution in [1.29, 1.82) is 0 Å². The Hall–Kier alpha value is -3.24. The van der Waals surface area contributed by atoms with E-state index < -0.39 is 0 Å². The molecule has 0 unspecified atom stereocenters. The van der Waals surface area contributed by atoms with Crippen molar-refractivity contribution >= 4 is 12.4 Å². The van der Waals surface area contributed by atoms with Gasteiger partial charge in [-0.2, -0.15) is 0 Å². The van der Waals surface area contributed by atoms with Gasteiger partial charge in [-0.25, -0.2) is 4.98 Å². The average molecular weight is 393 g/mol. The third-order valence-electron chi connectivity index (χ3n) is 4.33. The number of halogens is 1. The maximum atomic E-state index is 5.89. The monoisotopic (exact) mass is 392 g/mol. The molecule has 0 spiro atoms.